The van der Waals surface area contributed by atoms with Crippen LogP contribution < -0.4 is 5.43 Å². The summed E-state index contributed by atoms with van der Waals surface area (Å²) in [5.74, 6) is -0.552. The number of phenolic OH excluding ortho intramolecular Hbond substituents is 2. The van der Waals surface area contributed by atoms with Crippen LogP contribution in [0.4, 0.5) is 0 Å². The van der Waals surface area contributed by atoms with Crippen molar-refractivity contribution in [1.29, 1.82) is 0 Å². The van der Waals surface area contributed by atoms with Gasteiger partial charge in [0.25, 0.3) is 0 Å². The molecule has 20 heavy (non-hydrogen) atoms. The van der Waals surface area contributed by atoms with Gasteiger partial charge in [-0.2, -0.15) is 0 Å². The molecule has 2 N–H and O–H groups in total. The Bertz CT molecular complexity index is 853. The minimum Gasteiger partial charge on any atom is -0.508 e. The largest absolute Gasteiger partial charge is 0.508 e. The van der Waals surface area contributed by atoms with Gasteiger partial charge in [-0.1, -0.05) is 30.3 Å². The molecule has 5 heteroatoms. The zero-order valence-corrected chi connectivity index (χ0v) is 10.9. The number of benzene rings is 2. The average Bonchev–Trinajstić information content (AvgIpc) is 2.38. The molecule has 0 radical (unpaired) electrons. The van der Waals surface area contributed by atoms with Crippen LogP contribution in [-0.4, -0.2) is 10.2 Å². The molecule has 0 aliphatic carbocycles. The molecule has 0 aliphatic heterocycles. The highest BCUT2D eigenvalue weighted by Crippen LogP contribution is 2.33. The molecule has 2 aromatic carbocycles. The van der Waals surface area contributed by atoms with Crippen molar-refractivity contribution < 1.29 is 14.6 Å². The summed E-state index contributed by atoms with van der Waals surface area (Å²) < 4.78 is 5.34. The smallest absolute Gasteiger partial charge is 0.205 e. The van der Waals surface area contributed by atoms with Crippen LogP contribution >= 0.6 is 11.6 Å². The molecule has 0 aliphatic rings. The first kappa shape index (κ1) is 12.6. The monoisotopic (exact) mass is 288 g/mol. The van der Waals surface area contributed by atoms with E-state index < -0.39 is 5.43 Å². The Morgan fingerprint density at radius 2 is 1.75 bits per heavy atom. The Kier molecular flexibility index (Phi) is 2.88. The lowest BCUT2D eigenvalue weighted by molar-refractivity contribution is 0.452. The van der Waals surface area contributed by atoms with Gasteiger partial charge in [-0.15, -0.1) is 0 Å². The third-order valence-electron chi connectivity index (χ3n) is 2.98. The second-order valence-electron chi connectivity index (χ2n) is 4.28. The molecule has 0 amide bonds. The zero-order chi connectivity index (χ0) is 14.3. The van der Waals surface area contributed by atoms with Crippen molar-refractivity contribution in [1.82, 2.24) is 0 Å². The Hall–Kier alpha value is -2.46. The van der Waals surface area contributed by atoms with Gasteiger partial charge in [0.05, 0.1) is 5.56 Å². The molecule has 3 rings (SSSR count). The highest BCUT2D eigenvalue weighted by Gasteiger charge is 2.17. The van der Waals surface area contributed by atoms with E-state index in [1.807, 2.05) is 6.07 Å². The van der Waals surface area contributed by atoms with Gasteiger partial charge in [0.1, 0.15) is 22.5 Å². The maximum atomic E-state index is 12.5. The van der Waals surface area contributed by atoms with Crippen molar-refractivity contribution in [2.45, 2.75) is 0 Å². The normalized spacial score (nSPS) is 10.8. The number of rotatable bonds is 1. The molecule has 0 saturated heterocycles. The lowest BCUT2D eigenvalue weighted by atomic mass is 10.1. The molecule has 0 fully saturated rings. The topological polar surface area (TPSA) is 70.7 Å². The van der Waals surface area contributed by atoms with Gasteiger partial charge >= 0.3 is 0 Å². The SMILES string of the molecule is O=c1c(-c2ccccc2)c(Cl)oc2cc(O)cc(O)c12. The number of fused-ring (bicyclic) bond motifs is 1. The van der Waals surface area contributed by atoms with E-state index in [9.17, 15) is 15.0 Å². The molecule has 4 nitrogen and oxygen atoms in total. The zero-order valence-electron chi connectivity index (χ0n) is 10.1. The molecular weight excluding hydrogens is 280 g/mol. The van der Waals surface area contributed by atoms with Crippen molar-refractivity contribution in [3.8, 4) is 22.6 Å². The van der Waals surface area contributed by atoms with Crippen molar-refractivity contribution in [2.75, 3.05) is 0 Å². The van der Waals surface area contributed by atoms with Crippen molar-refractivity contribution in [2.24, 2.45) is 0 Å². The predicted molar refractivity (Wildman–Crippen MR) is 76.3 cm³/mol. The van der Waals surface area contributed by atoms with Gasteiger partial charge in [0, 0.05) is 12.1 Å². The minimum absolute atomic E-state index is 0.00828. The highest BCUT2D eigenvalue weighted by molar-refractivity contribution is 6.31. The second-order valence-corrected chi connectivity index (χ2v) is 4.63. The summed E-state index contributed by atoms with van der Waals surface area (Å²) in [5.41, 5.74) is 0.374. The highest BCUT2D eigenvalue weighted by atomic mass is 35.5. The molecule has 0 bridgehead atoms. The van der Waals surface area contributed by atoms with Gasteiger partial charge in [0.2, 0.25) is 10.6 Å². The standard InChI is InChI=1S/C15H9ClO4/c16-15-12(8-4-2-1-3-5-8)14(19)13-10(18)6-9(17)7-11(13)20-15/h1-7,17-18H. The number of phenols is 2. The van der Waals surface area contributed by atoms with Gasteiger partial charge < -0.3 is 14.6 Å². The van der Waals surface area contributed by atoms with E-state index in [2.05, 4.69) is 0 Å². The Morgan fingerprint density at radius 1 is 1.05 bits per heavy atom. The van der Waals surface area contributed by atoms with Crippen LogP contribution in [-0.2, 0) is 0 Å². The summed E-state index contributed by atoms with van der Waals surface area (Å²) in [5, 5.41) is 19.2. The van der Waals surface area contributed by atoms with Crippen molar-refractivity contribution in [3.63, 3.8) is 0 Å². The van der Waals surface area contributed by atoms with E-state index in [0.29, 0.717) is 5.56 Å². The molecule has 0 unspecified atom stereocenters. The molecule has 1 aromatic heterocycles. The maximum absolute atomic E-state index is 12.5. The van der Waals surface area contributed by atoms with Crippen LogP contribution in [0.2, 0.25) is 5.22 Å². The molecule has 1 heterocycles. The van der Waals surface area contributed by atoms with Crippen LogP contribution in [0.1, 0.15) is 0 Å². The fourth-order valence-electron chi connectivity index (χ4n) is 2.11. The van der Waals surface area contributed by atoms with E-state index in [0.717, 1.165) is 6.07 Å². The number of hydrogen-bond donors (Lipinski definition) is 2. The molecular formula is C15H9ClO4. The third-order valence-corrected chi connectivity index (χ3v) is 3.24. The predicted octanol–water partition coefficient (Wildman–Crippen LogP) is 3.52. The first-order valence-corrected chi connectivity index (χ1v) is 6.19. The maximum Gasteiger partial charge on any atom is 0.205 e. The summed E-state index contributed by atoms with van der Waals surface area (Å²) in [6.07, 6.45) is 0. The van der Waals surface area contributed by atoms with Crippen LogP contribution in [0, 0.1) is 0 Å². The third kappa shape index (κ3) is 1.90. The first-order chi connectivity index (χ1) is 9.58. The van der Waals surface area contributed by atoms with Crippen LogP contribution in [0.15, 0.2) is 51.7 Å². The van der Waals surface area contributed by atoms with E-state index in [-0.39, 0.29) is 33.3 Å². The van der Waals surface area contributed by atoms with Crippen molar-refractivity contribution >= 4 is 22.6 Å². The minimum atomic E-state index is -0.444. The van der Waals surface area contributed by atoms with E-state index in [1.54, 1.807) is 24.3 Å². The van der Waals surface area contributed by atoms with Gasteiger partial charge in [0.15, 0.2) is 0 Å². The van der Waals surface area contributed by atoms with Crippen molar-refractivity contribution in [3.05, 3.63) is 57.9 Å². The lowest BCUT2D eigenvalue weighted by Crippen LogP contribution is -2.06. The fourth-order valence-corrected chi connectivity index (χ4v) is 2.38. The average molecular weight is 289 g/mol. The second kappa shape index (κ2) is 4.58. The van der Waals surface area contributed by atoms with Crippen LogP contribution in [0.25, 0.3) is 22.1 Å². The molecule has 0 saturated carbocycles. The van der Waals surface area contributed by atoms with Crippen LogP contribution in [0.3, 0.4) is 0 Å². The Labute approximate surface area is 118 Å². The number of halogens is 1. The number of aromatic hydroxyl groups is 2. The lowest BCUT2D eigenvalue weighted by Gasteiger charge is -2.07. The van der Waals surface area contributed by atoms with Crippen LogP contribution in [0.5, 0.6) is 11.5 Å². The van der Waals surface area contributed by atoms with Gasteiger partial charge in [-0.25, -0.2) is 0 Å². The van der Waals surface area contributed by atoms with Gasteiger partial charge in [-0.05, 0) is 17.2 Å². The summed E-state index contributed by atoms with van der Waals surface area (Å²) >= 11 is 6.02. The first-order valence-electron chi connectivity index (χ1n) is 5.81. The molecule has 0 spiro atoms. The summed E-state index contributed by atoms with van der Waals surface area (Å²) in [7, 11) is 0. The molecule has 0 atom stereocenters. The Balaban J connectivity index is 2.44. The summed E-state index contributed by atoms with van der Waals surface area (Å²) in [6.45, 7) is 0. The molecule has 3 aromatic rings. The summed E-state index contributed by atoms with van der Waals surface area (Å²) in [4.78, 5) is 12.5. The fraction of sp³-hybridized carbons (Fsp3) is 0. The van der Waals surface area contributed by atoms with E-state index in [1.165, 1.54) is 6.07 Å². The number of hydrogen-bond acceptors (Lipinski definition) is 4. The quantitative estimate of drug-likeness (QED) is 0.718. The Morgan fingerprint density at radius 3 is 2.45 bits per heavy atom. The van der Waals surface area contributed by atoms with Gasteiger partial charge in [-0.3, -0.25) is 4.79 Å². The van der Waals surface area contributed by atoms with E-state index >= 15 is 0 Å². The van der Waals surface area contributed by atoms with E-state index in [4.69, 9.17) is 16.0 Å². The molecule has 100 valence electrons. The summed E-state index contributed by atoms with van der Waals surface area (Å²) in [6, 6.07) is 11.1.